The Bertz CT molecular complexity index is 966. The lowest BCUT2D eigenvalue weighted by Crippen LogP contribution is -2.04. The van der Waals surface area contributed by atoms with Gasteiger partial charge in [-0.3, -0.25) is 0 Å². The molecule has 0 amide bonds. The van der Waals surface area contributed by atoms with Crippen molar-refractivity contribution in [1.29, 1.82) is 5.26 Å². The Hall–Kier alpha value is -2.93. The van der Waals surface area contributed by atoms with E-state index in [-0.39, 0.29) is 0 Å². The summed E-state index contributed by atoms with van der Waals surface area (Å²) in [6, 6.07) is 14.3. The zero-order chi connectivity index (χ0) is 17.2. The van der Waals surface area contributed by atoms with Gasteiger partial charge in [-0.1, -0.05) is 36.3 Å². The van der Waals surface area contributed by atoms with Crippen LogP contribution in [0.5, 0.6) is 0 Å². The highest BCUT2D eigenvalue weighted by molar-refractivity contribution is 5.66. The molecule has 4 heteroatoms. The smallest absolute Gasteiger partial charge is 0.258 e. The second kappa shape index (κ2) is 6.52. The molecule has 0 atom stereocenters. The Morgan fingerprint density at radius 2 is 2.04 bits per heavy atom. The quantitative estimate of drug-likeness (QED) is 0.697. The van der Waals surface area contributed by atoms with Crippen LogP contribution in [0.15, 0.2) is 40.9 Å². The molecule has 0 saturated heterocycles. The number of rotatable bonds is 3. The lowest BCUT2D eigenvalue weighted by atomic mass is 9.88. The van der Waals surface area contributed by atoms with Crippen LogP contribution in [-0.2, 0) is 19.3 Å². The number of aryl methyl sites for hydroxylation is 2. The molecule has 3 aromatic rings. The summed E-state index contributed by atoms with van der Waals surface area (Å²) in [5, 5.41) is 13.5. The van der Waals surface area contributed by atoms with Gasteiger partial charge in [0.05, 0.1) is 11.6 Å². The SMILES string of the molecule is CCc1ccc(-c2nc(-c3cccc4c3CCCC4)no2)cc1C#N. The number of hydrogen-bond acceptors (Lipinski definition) is 4. The van der Waals surface area contributed by atoms with Gasteiger partial charge in [-0.2, -0.15) is 10.2 Å². The maximum Gasteiger partial charge on any atom is 0.258 e. The molecule has 1 aliphatic rings. The van der Waals surface area contributed by atoms with E-state index in [2.05, 4.69) is 34.4 Å². The average Bonchev–Trinajstić information content (AvgIpc) is 3.17. The van der Waals surface area contributed by atoms with Gasteiger partial charge < -0.3 is 4.52 Å². The van der Waals surface area contributed by atoms with Crippen LogP contribution < -0.4 is 0 Å². The zero-order valence-electron chi connectivity index (χ0n) is 14.2. The molecule has 1 heterocycles. The fraction of sp³-hybridized carbons (Fsp3) is 0.286. The monoisotopic (exact) mass is 329 g/mol. The van der Waals surface area contributed by atoms with Crippen molar-refractivity contribution < 1.29 is 4.52 Å². The minimum atomic E-state index is 0.461. The third-order valence-corrected chi connectivity index (χ3v) is 4.92. The van der Waals surface area contributed by atoms with Gasteiger partial charge in [0.2, 0.25) is 5.82 Å². The zero-order valence-corrected chi connectivity index (χ0v) is 14.2. The summed E-state index contributed by atoms with van der Waals surface area (Å²) in [6.45, 7) is 2.04. The van der Waals surface area contributed by atoms with Crippen molar-refractivity contribution in [2.75, 3.05) is 0 Å². The van der Waals surface area contributed by atoms with Gasteiger partial charge in [0.25, 0.3) is 5.89 Å². The number of fused-ring (bicyclic) bond motifs is 1. The van der Waals surface area contributed by atoms with Crippen molar-refractivity contribution in [2.45, 2.75) is 39.0 Å². The predicted octanol–water partition coefficient (Wildman–Crippen LogP) is 4.72. The molecule has 0 aliphatic heterocycles. The predicted molar refractivity (Wildman–Crippen MR) is 95.9 cm³/mol. The Morgan fingerprint density at radius 3 is 2.88 bits per heavy atom. The summed E-state index contributed by atoms with van der Waals surface area (Å²) in [7, 11) is 0. The fourth-order valence-corrected chi connectivity index (χ4v) is 3.56. The number of nitriles is 1. The molecule has 0 radical (unpaired) electrons. The van der Waals surface area contributed by atoms with E-state index in [0.717, 1.165) is 36.0 Å². The molecule has 0 saturated carbocycles. The van der Waals surface area contributed by atoms with E-state index in [1.165, 1.54) is 24.0 Å². The van der Waals surface area contributed by atoms with E-state index >= 15 is 0 Å². The van der Waals surface area contributed by atoms with Crippen LogP contribution in [0.2, 0.25) is 0 Å². The molecular weight excluding hydrogens is 310 g/mol. The number of benzene rings is 2. The number of hydrogen-bond donors (Lipinski definition) is 0. The van der Waals surface area contributed by atoms with Gasteiger partial charge in [0.1, 0.15) is 0 Å². The molecule has 0 spiro atoms. The minimum Gasteiger partial charge on any atom is -0.334 e. The maximum absolute atomic E-state index is 9.32. The third kappa shape index (κ3) is 2.83. The topological polar surface area (TPSA) is 62.7 Å². The first-order chi connectivity index (χ1) is 12.3. The highest BCUT2D eigenvalue weighted by Crippen LogP contribution is 2.31. The summed E-state index contributed by atoms with van der Waals surface area (Å²) < 4.78 is 5.50. The lowest BCUT2D eigenvalue weighted by molar-refractivity contribution is 0.432. The van der Waals surface area contributed by atoms with Gasteiger partial charge in [-0.15, -0.1) is 0 Å². The van der Waals surface area contributed by atoms with Gasteiger partial charge in [-0.05, 0) is 60.9 Å². The first-order valence-electron chi connectivity index (χ1n) is 8.78. The van der Waals surface area contributed by atoms with E-state index in [1.807, 2.05) is 25.1 Å². The van der Waals surface area contributed by atoms with E-state index in [0.29, 0.717) is 17.3 Å². The molecule has 124 valence electrons. The van der Waals surface area contributed by atoms with Crippen LogP contribution in [0, 0.1) is 11.3 Å². The van der Waals surface area contributed by atoms with E-state index in [9.17, 15) is 5.26 Å². The Kier molecular flexibility index (Phi) is 4.07. The molecule has 4 rings (SSSR count). The van der Waals surface area contributed by atoms with Gasteiger partial charge >= 0.3 is 0 Å². The summed E-state index contributed by atoms with van der Waals surface area (Å²) in [6.07, 6.45) is 5.47. The van der Waals surface area contributed by atoms with E-state index in [4.69, 9.17) is 4.52 Å². The summed E-state index contributed by atoms with van der Waals surface area (Å²) in [5.74, 6) is 1.09. The summed E-state index contributed by atoms with van der Waals surface area (Å²) in [4.78, 5) is 4.60. The van der Waals surface area contributed by atoms with Gasteiger partial charge in [-0.25, -0.2) is 0 Å². The molecule has 0 bridgehead atoms. The second-order valence-corrected chi connectivity index (χ2v) is 6.41. The van der Waals surface area contributed by atoms with Gasteiger partial charge in [0, 0.05) is 11.1 Å². The molecule has 0 unspecified atom stereocenters. The highest BCUT2D eigenvalue weighted by atomic mass is 16.5. The molecule has 25 heavy (non-hydrogen) atoms. The third-order valence-electron chi connectivity index (χ3n) is 4.92. The highest BCUT2D eigenvalue weighted by Gasteiger charge is 2.18. The molecule has 0 fully saturated rings. The Balaban J connectivity index is 1.73. The van der Waals surface area contributed by atoms with Crippen molar-refractivity contribution in [1.82, 2.24) is 10.1 Å². The molecular formula is C21H19N3O. The molecule has 0 N–H and O–H groups in total. The first-order valence-corrected chi connectivity index (χ1v) is 8.78. The molecule has 1 aliphatic carbocycles. The van der Waals surface area contributed by atoms with Crippen molar-refractivity contribution >= 4 is 0 Å². The minimum absolute atomic E-state index is 0.461. The van der Waals surface area contributed by atoms with Crippen LogP contribution in [-0.4, -0.2) is 10.1 Å². The van der Waals surface area contributed by atoms with Crippen LogP contribution >= 0.6 is 0 Å². The van der Waals surface area contributed by atoms with Crippen molar-refractivity contribution in [3.63, 3.8) is 0 Å². The van der Waals surface area contributed by atoms with Crippen LogP contribution in [0.1, 0.15) is 42.0 Å². The first kappa shape index (κ1) is 15.6. The van der Waals surface area contributed by atoms with Crippen LogP contribution in [0.3, 0.4) is 0 Å². The second-order valence-electron chi connectivity index (χ2n) is 6.41. The van der Waals surface area contributed by atoms with Crippen molar-refractivity contribution in [3.8, 4) is 28.9 Å². The van der Waals surface area contributed by atoms with Crippen LogP contribution in [0.4, 0.5) is 0 Å². The van der Waals surface area contributed by atoms with Crippen LogP contribution in [0.25, 0.3) is 22.8 Å². The summed E-state index contributed by atoms with van der Waals surface area (Å²) >= 11 is 0. The molecule has 4 nitrogen and oxygen atoms in total. The summed E-state index contributed by atoms with van der Waals surface area (Å²) in [5.41, 5.74) is 6.30. The average molecular weight is 329 g/mol. The lowest BCUT2D eigenvalue weighted by Gasteiger charge is -2.17. The van der Waals surface area contributed by atoms with Gasteiger partial charge in [0.15, 0.2) is 0 Å². The van der Waals surface area contributed by atoms with Crippen molar-refractivity contribution in [3.05, 3.63) is 58.7 Å². The normalized spacial score (nSPS) is 13.3. The fourth-order valence-electron chi connectivity index (χ4n) is 3.56. The number of nitrogens with zero attached hydrogens (tertiary/aromatic N) is 3. The molecule has 1 aromatic heterocycles. The number of aromatic nitrogens is 2. The van der Waals surface area contributed by atoms with E-state index in [1.54, 1.807) is 0 Å². The molecule has 2 aromatic carbocycles. The van der Waals surface area contributed by atoms with Crippen molar-refractivity contribution in [2.24, 2.45) is 0 Å². The largest absolute Gasteiger partial charge is 0.334 e. The maximum atomic E-state index is 9.32. The van der Waals surface area contributed by atoms with E-state index < -0.39 is 0 Å². The Labute approximate surface area is 147 Å². The Morgan fingerprint density at radius 1 is 1.16 bits per heavy atom. The standard InChI is InChI=1S/C21H19N3O/c1-2-14-10-11-16(12-17(14)13-22)21-23-20(24-25-21)19-9-5-7-15-6-3-4-8-18(15)19/h5,7,9-12H,2-4,6,8H2,1H3.